The third kappa shape index (κ3) is 3.92. The van der Waals surface area contributed by atoms with Crippen LogP contribution in [0.25, 0.3) is 0 Å². The number of nitrogens with one attached hydrogen (secondary N) is 1. The molecule has 0 aliphatic carbocycles. The van der Waals surface area contributed by atoms with Gasteiger partial charge in [0.1, 0.15) is 4.90 Å². The van der Waals surface area contributed by atoms with E-state index in [0.717, 1.165) is 0 Å². The third-order valence-electron chi connectivity index (χ3n) is 3.12. The van der Waals surface area contributed by atoms with Gasteiger partial charge in [-0.1, -0.05) is 39.1 Å². The van der Waals surface area contributed by atoms with Gasteiger partial charge in [-0.05, 0) is 25.5 Å². The lowest BCUT2D eigenvalue weighted by Crippen LogP contribution is -2.46. The van der Waals surface area contributed by atoms with Crippen LogP contribution in [0.4, 0.5) is 0 Å². The summed E-state index contributed by atoms with van der Waals surface area (Å²) in [6.45, 7) is 1.55. The Bertz CT molecular complexity index is 771. The molecule has 1 N–H and O–H groups in total. The van der Waals surface area contributed by atoms with Crippen LogP contribution in [0.1, 0.15) is 13.3 Å². The second-order valence-corrected chi connectivity index (χ2v) is 10.7. The van der Waals surface area contributed by atoms with E-state index in [2.05, 4.69) is 20.7 Å². The highest BCUT2D eigenvalue weighted by Gasteiger charge is 2.42. The fraction of sp³-hybridized carbons (Fsp3) is 0.455. The van der Waals surface area contributed by atoms with Gasteiger partial charge in [-0.3, -0.25) is 0 Å². The van der Waals surface area contributed by atoms with Crippen molar-refractivity contribution in [1.82, 2.24) is 4.72 Å². The molecule has 1 unspecified atom stereocenters. The SMILES string of the molecule is CC1(NS(=O)(=O)c2c(Cl)cc(Br)cc2Cl)CCS(=O)(=O)C1. The molecule has 0 bridgehead atoms. The number of halogens is 3. The Kier molecular flexibility index (Phi) is 4.71. The van der Waals surface area contributed by atoms with Gasteiger partial charge in [-0.2, -0.15) is 0 Å². The molecular weight excluding hydrogens is 425 g/mol. The fourth-order valence-electron chi connectivity index (χ4n) is 2.25. The number of sulfone groups is 1. The molecule has 2 rings (SSSR count). The topological polar surface area (TPSA) is 80.3 Å². The van der Waals surface area contributed by atoms with Crippen molar-refractivity contribution in [3.8, 4) is 0 Å². The molecule has 21 heavy (non-hydrogen) atoms. The van der Waals surface area contributed by atoms with Crippen LogP contribution in [0, 0.1) is 0 Å². The molecule has 0 amide bonds. The van der Waals surface area contributed by atoms with Crippen LogP contribution in [0.5, 0.6) is 0 Å². The van der Waals surface area contributed by atoms with E-state index in [1.165, 1.54) is 12.1 Å². The first-order valence-electron chi connectivity index (χ1n) is 5.83. The highest BCUT2D eigenvalue weighted by atomic mass is 79.9. The Morgan fingerprint density at radius 3 is 2.24 bits per heavy atom. The van der Waals surface area contributed by atoms with E-state index in [0.29, 0.717) is 4.47 Å². The highest BCUT2D eigenvalue weighted by Crippen LogP contribution is 2.34. The molecular formula is C11H12BrCl2NO4S2. The van der Waals surface area contributed by atoms with Gasteiger partial charge in [0, 0.05) is 10.0 Å². The largest absolute Gasteiger partial charge is 0.244 e. The van der Waals surface area contributed by atoms with E-state index >= 15 is 0 Å². The molecule has 0 spiro atoms. The van der Waals surface area contributed by atoms with E-state index in [-0.39, 0.29) is 32.9 Å². The lowest BCUT2D eigenvalue weighted by molar-refractivity contribution is 0.462. The van der Waals surface area contributed by atoms with Gasteiger partial charge in [0.15, 0.2) is 9.84 Å². The van der Waals surface area contributed by atoms with E-state index in [1.54, 1.807) is 6.92 Å². The van der Waals surface area contributed by atoms with Gasteiger partial charge in [0.2, 0.25) is 10.0 Å². The number of hydrogen-bond donors (Lipinski definition) is 1. The van der Waals surface area contributed by atoms with Gasteiger partial charge in [-0.15, -0.1) is 0 Å². The van der Waals surface area contributed by atoms with Crippen LogP contribution in [-0.2, 0) is 19.9 Å². The molecule has 1 aromatic rings. The van der Waals surface area contributed by atoms with Crippen molar-refractivity contribution < 1.29 is 16.8 Å². The van der Waals surface area contributed by atoms with Crippen molar-refractivity contribution in [3.05, 3.63) is 26.7 Å². The van der Waals surface area contributed by atoms with Gasteiger partial charge in [-0.25, -0.2) is 21.6 Å². The quantitative estimate of drug-likeness (QED) is 0.789. The fourth-order valence-corrected chi connectivity index (χ4v) is 7.81. The minimum Gasteiger partial charge on any atom is -0.229 e. The maximum absolute atomic E-state index is 12.5. The first-order valence-corrected chi connectivity index (χ1v) is 10.7. The molecule has 1 heterocycles. The number of rotatable bonds is 3. The smallest absolute Gasteiger partial charge is 0.229 e. The van der Waals surface area contributed by atoms with Crippen LogP contribution >= 0.6 is 39.1 Å². The van der Waals surface area contributed by atoms with E-state index in [1.807, 2.05) is 0 Å². The molecule has 10 heteroatoms. The van der Waals surface area contributed by atoms with Crippen molar-refractivity contribution in [2.75, 3.05) is 11.5 Å². The Labute approximate surface area is 142 Å². The molecule has 1 aliphatic rings. The molecule has 1 aromatic carbocycles. The lowest BCUT2D eigenvalue weighted by Gasteiger charge is -2.24. The Balaban J connectivity index is 2.41. The predicted molar refractivity (Wildman–Crippen MR) is 86.2 cm³/mol. The predicted octanol–water partition coefficient (Wildman–Crippen LogP) is 2.61. The minimum atomic E-state index is -4.03. The molecule has 5 nitrogen and oxygen atoms in total. The lowest BCUT2D eigenvalue weighted by atomic mass is 10.0. The number of sulfonamides is 1. The Morgan fingerprint density at radius 2 is 1.81 bits per heavy atom. The maximum Gasteiger partial charge on any atom is 0.244 e. The van der Waals surface area contributed by atoms with E-state index < -0.39 is 25.4 Å². The summed E-state index contributed by atoms with van der Waals surface area (Å²) in [6, 6.07) is 2.82. The monoisotopic (exact) mass is 435 g/mol. The van der Waals surface area contributed by atoms with Crippen LogP contribution in [0.15, 0.2) is 21.5 Å². The maximum atomic E-state index is 12.5. The number of hydrogen-bond acceptors (Lipinski definition) is 4. The summed E-state index contributed by atoms with van der Waals surface area (Å²) in [7, 11) is -7.27. The summed E-state index contributed by atoms with van der Waals surface area (Å²) in [6.07, 6.45) is 0.209. The van der Waals surface area contributed by atoms with Gasteiger partial charge in [0.05, 0.1) is 21.6 Å². The molecule has 1 saturated heterocycles. The Morgan fingerprint density at radius 1 is 1.29 bits per heavy atom. The first-order chi connectivity index (χ1) is 9.44. The van der Waals surface area contributed by atoms with Crippen LogP contribution in [0.2, 0.25) is 10.0 Å². The zero-order valence-corrected chi connectivity index (χ0v) is 15.6. The van der Waals surface area contributed by atoms with Gasteiger partial charge in [0.25, 0.3) is 0 Å². The van der Waals surface area contributed by atoms with Crippen molar-refractivity contribution in [3.63, 3.8) is 0 Å². The summed E-state index contributed by atoms with van der Waals surface area (Å²) in [5.74, 6) is -0.293. The molecule has 0 aromatic heterocycles. The minimum absolute atomic E-state index is 0.0358. The van der Waals surface area contributed by atoms with Crippen molar-refractivity contribution in [2.45, 2.75) is 23.8 Å². The van der Waals surface area contributed by atoms with Crippen molar-refractivity contribution >= 4 is 59.0 Å². The van der Waals surface area contributed by atoms with Crippen LogP contribution in [-0.4, -0.2) is 33.9 Å². The van der Waals surface area contributed by atoms with Gasteiger partial charge < -0.3 is 0 Å². The zero-order chi connectivity index (χ0) is 16.1. The molecule has 1 aliphatic heterocycles. The second kappa shape index (κ2) is 5.65. The first kappa shape index (κ1) is 17.5. The van der Waals surface area contributed by atoms with Crippen LogP contribution < -0.4 is 4.72 Å². The molecule has 1 fully saturated rings. The van der Waals surface area contributed by atoms with Gasteiger partial charge >= 0.3 is 0 Å². The van der Waals surface area contributed by atoms with E-state index in [9.17, 15) is 16.8 Å². The average molecular weight is 437 g/mol. The second-order valence-electron chi connectivity index (χ2n) is 5.21. The molecule has 0 saturated carbocycles. The van der Waals surface area contributed by atoms with E-state index in [4.69, 9.17) is 23.2 Å². The standard InChI is InChI=1S/C11H12BrCl2NO4S2/c1-11(2-3-20(16,17)6-11)15-21(18,19)10-8(13)4-7(12)5-9(10)14/h4-5,15H,2-3,6H2,1H3. The van der Waals surface area contributed by atoms with Crippen molar-refractivity contribution in [1.29, 1.82) is 0 Å². The zero-order valence-electron chi connectivity index (χ0n) is 10.9. The Hall–Kier alpha value is 0.140. The highest BCUT2D eigenvalue weighted by molar-refractivity contribution is 9.10. The summed E-state index contributed by atoms with van der Waals surface area (Å²) < 4.78 is 51.0. The summed E-state index contributed by atoms with van der Waals surface area (Å²) in [4.78, 5) is -0.250. The molecule has 118 valence electrons. The summed E-state index contributed by atoms with van der Waals surface area (Å²) in [5, 5.41) is -0.0716. The average Bonchev–Trinajstić information content (AvgIpc) is 2.48. The number of benzene rings is 1. The van der Waals surface area contributed by atoms with Crippen molar-refractivity contribution in [2.24, 2.45) is 0 Å². The third-order valence-corrected chi connectivity index (χ3v) is 8.04. The molecule has 0 radical (unpaired) electrons. The van der Waals surface area contributed by atoms with Crippen LogP contribution in [0.3, 0.4) is 0 Å². The molecule has 1 atom stereocenters. The summed E-state index contributed by atoms with van der Waals surface area (Å²) >= 11 is 15.1. The normalized spacial score (nSPS) is 25.1. The summed E-state index contributed by atoms with van der Waals surface area (Å²) in [5.41, 5.74) is -1.06.